The molecule has 5 heteroatoms. The van der Waals surface area contributed by atoms with Crippen molar-refractivity contribution in [2.75, 3.05) is 32.9 Å². The number of rotatable bonds is 2. The number of hydrogen-bond donors (Lipinski definition) is 1. The lowest BCUT2D eigenvalue weighted by molar-refractivity contribution is -0.134. The minimum atomic E-state index is 0.00977. The van der Waals surface area contributed by atoms with Crippen molar-refractivity contribution in [1.82, 2.24) is 9.80 Å². The molecule has 0 spiro atoms. The van der Waals surface area contributed by atoms with Gasteiger partial charge in [0, 0.05) is 44.4 Å². The average molecular weight is 289 g/mol. The molecule has 0 radical (unpaired) electrons. The van der Waals surface area contributed by atoms with Crippen molar-refractivity contribution in [3.8, 4) is 0 Å². The van der Waals surface area contributed by atoms with Gasteiger partial charge in [0.05, 0.1) is 0 Å². The van der Waals surface area contributed by atoms with Gasteiger partial charge in [0.15, 0.2) is 0 Å². The summed E-state index contributed by atoms with van der Waals surface area (Å²) in [6.07, 6.45) is 1.45. The second-order valence-electron chi connectivity index (χ2n) is 5.87. The average Bonchev–Trinajstić information content (AvgIpc) is 2.48. The largest absolute Gasteiger partial charge is 0.399 e. The molecule has 114 valence electrons. The third-order valence-electron chi connectivity index (χ3n) is 4.06. The minimum absolute atomic E-state index is 0.00977. The molecular weight excluding hydrogens is 266 g/mol. The Bertz CT molecular complexity index is 546. The zero-order valence-electron chi connectivity index (χ0n) is 12.9. The summed E-state index contributed by atoms with van der Waals surface area (Å²) in [6.45, 7) is 3.16. The zero-order chi connectivity index (χ0) is 15.6. The first-order valence-electron chi connectivity index (χ1n) is 7.26. The molecule has 0 unspecified atom stereocenters. The van der Waals surface area contributed by atoms with Gasteiger partial charge in [0.1, 0.15) is 0 Å². The molecule has 21 heavy (non-hydrogen) atoms. The van der Waals surface area contributed by atoms with E-state index in [9.17, 15) is 9.59 Å². The third kappa shape index (κ3) is 3.35. The Morgan fingerprint density at radius 2 is 1.86 bits per heavy atom. The highest BCUT2D eigenvalue weighted by Crippen LogP contribution is 2.22. The molecule has 2 rings (SSSR count). The molecule has 1 aliphatic heterocycles. The maximum atomic E-state index is 12.6. The Morgan fingerprint density at radius 1 is 1.24 bits per heavy atom. The number of anilines is 1. The Morgan fingerprint density at radius 3 is 2.43 bits per heavy atom. The number of piperidine rings is 1. The van der Waals surface area contributed by atoms with Crippen LogP contribution in [0.3, 0.4) is 0 Å². The summed E-state index contributed by atoms with van der Waals surface area (Å²) in [5, 5.41) is 0. The molecule has 1 aliphatic rings. The van der Waals surface area contributed by atoms with Gasteiger partial charge in [0.25, 0.3) is 5.91 Å². The number of carbonyl (C=O) groups excluding carboxylic acids is 2. The number of carbonyl (C=O) groups is 2. The fourth-order valence-electron chi connectivity index (χ4n) is 2.74. The lowest BCUT2D eigenvalue weighted by Crippen LogP contribution is -2.42. The topological polar surface area (TPSA) is 66.6 Å². The number of amides is 2. The first-order chi connectivity index (χ1) is 9.90. The van der Waals surface area contributed by atoms with Crippen LogP contribution >= 0.6 is 0 Å². The van der Waals surface area contributed by atoms with Crippen LogP contribution in [-0.2, 0) is 4.79 Å². The number of nitrogen functional groups attached to an aromatic ring is 1. The van der Waals surface area contributed by atoms with E-state index in [1.807, 2.05) is 17.9 Å². The van der Waals surface area contributed by atoms with Gasteiger partial charge in [-0.1, -0.05) is 6.07 Å². The SMILES string of the molecule is Cc1ccc(N)cc1C(=O)N1CCC(C(=O)N(C)C)CC1. The Kier molecular flexibility index (Phi) is 4.50. The highest BCUT2D eigenvalue weighted by atomic mass is 16.2. The van der Waals surface area contributed by atoms with E-state index in [0.717, 1.165) is 18.4 Å². The first-order valence-corrected chi connectivity index (χ1v) is 7.26. The summed E-state index contributed by atoms with van der Waals surface area (Å²) in [5.41, 5.74) is 7.96. The van der Waals surface area contributed by atoms with Crippen LogP contribution in [0.4, 0.5) is 5.69 Å². The van der Waals surface area contributed by atoms with Crippen LogP contribution in [0.2, 0.25) is 0 Å². The summed E-state index contributed by atoms with van der Waals surface area (Å²) in [4.78, 5) is 28.0. The first kappa shape index (κ1) is 15.4. The van der Waals surface area contributed by atoms with Gasteiger partial charge in [-0.15, -0.1) is 0 Å². The van der Waals surface area contributed by atoms with E-state index in [1.54, 1.807) is 31.1 Å². The van der Waals surface area contributed by atoms with Crippen molar-refractivity contribution >= 4 is 17.5 Å². The number of aryl methyl sites for hydroxylation is 1. The number of nitrogens with two attached hydrogens (primary N) is 1. The Hall–Kier alpha value is -2.04. The molecule has 0 saturated carbocycles. The number of nitrogens with zero attached hydrogens (tertiary/aromatic N) is 2. The summed E-state index contributed by atoms with van der Waals surface area (Å²) < 4.78 is 0. The predicted molar refractivity (Wildman–Crippen MR) is 82.9 cm³/mol. The van der Waals surface area contributed by atoms with E-state index in [2.05, 4.69) is 0 Å². The molecule has 1 fully saturated rings. The zero-order valence-corrected chi connectivity index (χ0v) is 12.9. The lowest BCUT2D eigenvalue weighted by atomic mass is 9.94. The fraction of sp³-hybridized carbons (Fsp3) is 0.500. The molecule has 0 bridgehead atoms. The van der Waals surface area contributed by atoms with Crippen LogP contribution in [0.5, 0.6) is 0 Å². The van der Waals surface area contributed by atoms with Gasteiger partial charge >= 0.3 is 0 Å². The highest BCUT2D eigenvalue weighted by Gasteiger charge is 2.29. The Balaban J connectivity index is 2.03. The van der Waals surface area contributed by atoms with Crippen molar-refractivity contribution in [2.24, 2.45) is 5.92 Å². The molecule has 1 heterocycles. The molecule has 1 aromatic carbocycles. The number of benzene rings is 1. The lowest BCUT2D eigenvalue weighted by Gasteiger charge is -2.32. The van der Waals surface area contributed by atoms with Crippen LogP contribution in [0.15, 0.2) is 18.2 Å². The standard InChI is InChI=1S/C16H23N3O2/c1-11-4-5-13(17)10-14(11)16(21)19-8-6-12(7-9-19)15(20)18(2)3/h4-5,10,12H,6-9,17H2,1-3H3. The van der Waals surface area contributed by atoms with Crippen LogP contribution < -0.4 is 5.73 Å². The molecule has 0 aromatic heterocycles. The maximum Gasteiger partial charge on any atom is 0.254 e. The van der Waals surface area contributed by atoms with Crippen LogP contribution in [0, 0.1) is 12.8 Å². The maximum absolute atomic E-state index is 12.6. The van der Waals surface area contributed by atoms with Gasteiger partial charge in [-0.2, -0.15) is 0 Å². The smallest absolute Gasteiger partial charge is 0.254 e. The van der Waals surface area contributed by atoms with Crippen LogP contribution in [0.1, 0.15) is 28.8 Å². The fourth-order valence-corrected chi connectivity index (χ4v) is 2.74. The minimum Gasteiger partial charge on any atom is -0.399 e. The van der Waals surface area contributed by atoms with Crippen molar-refractivity contribution in [3.05, 3.63) is 29.3 Å². The molecule has 1 saturated heterocycles. The number of hydrogen-bond acceptors (Lipinski definition) is 3. The molecule has 5 nitrogen and oxygen atoms in total. The van der Waals surface area contributed by atoms with E-state index >= 15 is 0 Å². The van der Waals surface area contributed by atoms with E-state index in [4.69, 9.17) is 5.73 Å². The second kappa shape index (κ2) is 6.16. The highest BCUT2D eigenvalue weighted by molar-refractivity contribution is 5.96. The van der Waals surface area contributed by atoms with Gasteiger partial charge in [-0.3, -0.25) is 9.59 Å². The third-order valence-corrected chi connectivity index (χ3v) is 4.06. The molecule has 1 aromatic rings. The van der Waals surface area contributed by atoms with Crippen molar-refractivity contribution in [2.45, 2.75) is 19.8 Å². The number of likely N-dealkylation sites (tertiary alicyclic amines) is 1. The van der Waals surface area contributed by atoms with E-state index in [-0.39, 0.29) is 17.7 Å². The monoisotopic (exact) mass is 289 g/mol. The quantitative estimate of drug-likeness (QED) is 0.839. The van der Waals surface area contributed by atoms with Crippen molar-refractivity contribution in [1.29, 1.82) is 0 Å². The molecular formula is C16H23N3O2. The summed E-state index contributed by atoms with van der Waals surface area (Å²) >= 11 is 0. The van der Waals surface area contributed by atoms with Gasteiger partial charge in [-0.05, 0) is 37.5 Å². The van der Waals surface area contributed by atoms with Gasteiger partial charge in [0.2, 0.25) is 5.91 Å². The normalized spacial score (nSPS) is 15.9. The molecule has 0 atom stereocenters. The van der Waals surface area contributed by atoms with Crippen molar-refractivity contribution < 1.29 is 9.59 Å². The molecule has 0 aliphatic carbocycles. The van der Waals surface area contributed by atoms with Gasteiger partial charge < -0.3 is 15.5 Å². The van der Waals surface area contributed by atoms with Crippen LogP contribution in [-0.4, -0.2) is 48.8 Å². The molecule has 2 N–H and O–H groups in total. The van der Waals surface area contributed by atoms with E-state index in [1.165, 1.54) is 0 Å². The second-order valence-corrected chi connectivity index (χ2v) is 5.87. The summed E-state index contributed by atoms with van der Waals surface area (Å²) in [6, 6.07) is 5.40. The van der Waals surface area contributed by atoms with Gasteiger partial charge in [-0.25, -0.2) is 0 Å². The predicted octanol–water partition coefficient (Wildman–Crippen LogP) is 1.52. The van der Waals surface area contributed by atoms with E-state index in [0.29, 0.717) is 24.3 Å². The van der Waals surface area contributed by atoms with Crippen LogP contribution in [0.25, 0.3) is 0 Å². The van der Waals surface area contributed by atoms with E-state index < -0.39 is 0 Å². The molecule has 2 amide bonds. The summed E-state index contributed by atoms with van der Waals surface area (Å²) in [7, 11) is 3.55. The summed E-state index contributed by atoms with van der Waals surface area (Å²) in [5.74, 6) is 0.198. The van der Waals surface area contributed by atoms with Crippen molar-refractivity contribution in [3.63, 3.8) is 0 Å². The Labute approximate surface area is 125 Å².